The van der Waals surface area contributed by atoms with E-state index in [1.165, 1.54) is 14.0 Å². The van der Waals surface area contributed by atoms with E-state index >= 15 is 0 Å². The molecule has 6 nitrogen and oxygen atoms in total. The van der Waals surface area contributed by atoms with E-state index in [0.29, 0.717) is 0 Å². The molecule has 0 saturated heterocycles. The maximum atomic E-state index is 13.9. The van der Waals surface area contributed by atoms with E-state index in [0.717, 1.165) is 12.1 Å². The lowest BCUT2D eigenvalue weighted by Crippen LogP contribution is -2.14. The van der Waals surface area contributed by atoms with Crippen LogP contribution in [-0.2, 0) is 11.4 Å². The third-order valence-electron chi connectivity index (χ3n) is 2.49. The zero-order valence-electron chi connectivity index (χ0n) is 11.5. The summed E-state index contributed by atoms with van der Waals surface area (Å²) < 4.78 is 34.1. The lowest BCUT2D eigenvalue weighted by molar-refractivity contribution is -0.385. The highest BCUT2D eigenvalue weighted by Crippen LogP contribution is 2.30. The van der Waals surface area contributed by atoms with Crippen LogP contribution in [0.15, 0.2) is 16.5 Å². The fourth-order valence-corrected chi connectivity index (χ4v) is 2.00. The molecule has 0 unspecified atom stereocenters. The summed E-state index contributed by atoms with van der Waals surface area (Å²) in [7, 11) is 1.22. The van der Waals surface area contributed by atoms with Gasteiger partial charge in [0.2, 0.25) is 0 Å². The van der Waals surface area contributed by atoms with Crippen molar-refractivity contribution in [1.29, 1.82) is 0 Å². The smallest absolute Gasteiger partial charge is 0.311 e. The molecular formula is C12H15FN2O4S. The van der Waals surface area contributed by atoms with Gasteiger partial charge in [0.1, 0.15) is 11.1 Å². The van der Waals surface area contributed by atoms with Crippen LogP contribution >= 0.6 is 0 Å². The van der Waals surface area contributed by atoms with Crippen LogP contribution in [0.3, 0.4) is 0 Å². The van der Waals surface area contributed by atoms with E-state index in [4.69, 9.17) is 4.74 Å². The number of nitro groups is 1. The van der Waals surface area contributed by atoms with Crippen LogP contribution < -0.4 is 4.74 Å². The number of methoxy groups -OCH3 is 1. The fraction of sp³-hybridized carbons (Fsp3) is 0.417. The maximum absolute atomic E-state index is 13.9. The van der Waals surface area contributed by atoms with Crippen molar-refractivity contribution in [3.63, 3.8) is 0 Å². The molecule has 1 rings (SSSR count). The summed E-state index contributed by atoms with van der Waals surface area (Å²) in [6, 6.07) is 1.95. The molecule has 0 aliphatic carbocycles. The second-order valence-corrected chi connectivity index (χ2v) is 5.94. The third kappa shape index (κ3) is 3.67. The number of nitro benzene ring substituents is 1. The Hall–Kier alpha value is -1.67. The molecule has 1 atom stereocenters. The second kappa shape index (κ2) is 6.67. The molecule has 1 aromatic carbocycles. The molecule has 0 aliphatic heterocycles. The highest BCUT2D eigenvalue weighted by Gasteiger charge is 2.22. The Balaban J connectivity index is 3.32. The molecule has 1 aromatic rings. The summed E-state index contributed by atoms with van der Waals surface area (Å²) in [5.74, 6) is -0.886. The minimum Gasteiger partial charge on any atom is -0.591 e. The topological polar surface area (TPSA) is 87.8 Å². The van der Waals surface area contributed by atoms with Gasteiger partial charge in [-0.15, -0.1) is 0 Å². The van der Waals surface area contributed by atoms with Crippen molar-refractivity contribution in [2.75, 3.05) is 7.11 Å². The van der Waals surface area contributed by atoms with Gasteiger partial charge in [-0.25, -0.2) is 4.39 Å². The molecule has 0 heterocycles. The Morgan fingerprint density at radius 2 is 2.10 bits per heavy atom. The van der Waals surface area contributed by atoms with Gasteiger partial charge in [0, 0.05) is 17.7 Å². The van der Waals surface area contributed by atoms with Crippen LogP contribution in [0.5, 0.6) is 5.75 Å². The van der Waals surface area contributed by atoms with E-state index in [1.807, 2.05) is 0 Å². The van der Waals surface area contributed by atoms with Crippen molar-refractivity contribution in [3.05, 3.63) is 33.6 Å². The lowest BCUT2D eigenvalue weighted by Gasteiger charge is -2.09. The molecule has 0 amide bonds. The molecule has 0 spiro atoms. The lowest BCUT2D eigenvalue weighted by atomic mass is 10.1. The van der Waals surface area contributed by atoms with Gasteiger partial charge < -0.3 is 9.29 Å². The Bertz CT molecular complexity index is 549. The number of nitrogens with zero attached hydrogens (tertiary/aromatic N) is 2. The molecular weight excluding hydrogens is 287 g/mol. The Labute approximate surface area is 119 Å². The number of benzene rings is 1. The molecule has 110 valence electrons. The normalized spacial score (nSPS) is 13.4. The predicted molar refractivity (Wildman–Crippen MR) is 75.1 cm³/mol. The molecule has 8 heteroatoms. The first-order chi connectivity index (χ1) is 9.27. The molecule has 0 bridgehead atoms. The van der Waals surface area contributed by atoms with Gasteiger partial charge in [-0.2, -0.15) is 0 Å². The van der Waals surface area contributed by atoms with Crippen molar-refractivity contribution in [3.8, 4) is 5.75 Å². The first-order valence-electron chi connectivity index (χ1n) is 5.76. The minimum atomic E-state index is -1.51. The largest absolute Gasteiger partial charge is 0.591 e. The molecule has 0 fully saturated rings. The monoisotopic (exact) mass is 302 g/mol. The van der Waals surface area contributed by atoms with Crippen molar-refractivity contribution >= 4 is 22.8 Å². The van der Waals surface area contributed by atoms with Crippen LogP contribution in [0.1, 0.15) is 26.3 Å². The molecule has 0 aromatic heterocycles. The van der Waals surface area contributed by atoms with Gasteiger partial charge in [-0.1, -0.05) is 4.40 Å². The van der Waals surface area contributed by atoms with E-state index < -0.39 is 22.1 Å². The van der Waals surface area contributed by atoms with Crippen molar-refractivity contribution < 1.29 is 18.6 Å². The predicted octanol–water partition coefficient (Wildman–Crippen LogP) is 2.62. The van der Waals surface area contributed by atoms with E-state index in [2.05, 4.69) is 4.40 Å². The van der Waals surface area contributed by atoms with Crippen LogP contribution in [0, 0.1) is 15.9 Å². The van der Waals surface area contributed by atoms with Gasteiger partial charge in [0.05, 0.1) is 29.1 Å². The molecule has 0 aliphatic rings. The quantitative estimate of drug-likeness (QED) is 0.362. The number of hydrogen-bond acceptors (Lipinski definition) is 5. The fourth-order valence-electron chi connectivity index (χ4n) is 1.42. The van der Waals surface area contributed by atoms with Gasteiger partial charge in [0.25, 0.3) is 0 Å². The highest BCUT2D eigenvalue weighted by atomic mass is 32.2. The molecule has 0 N–H and O–H groups in total. The zero-order chi connectivity index (χ0) is 15.4. The van der Waals surface area contributed by atoms with Crippen molar-refractivity contribution in [1.82, 2.24) is 0 Å². The summed E-state index contributed by atoms with van der Waals surface area (Å²) in [5.41, 5.74) is -0.291. The van der Waals surface area contributed by atoms with Crippen molar-refractivity contribution in [2.24, 2.45) is 4.40 Å². The Morgan fingerprint density at radius 1 is 1.50 bits per heavy atom. The minimum absolute atomic E-state index is 0.0634. The SMILES string of the molecule is COc1cc(F)c(/C(C)=N/[S@+]([O-])C(C)C)cc1[N+](=O)[O-]. The second-order valence-electron chi connectivity index (χ2n) is 4.26. The first kappa shape index (κ1) is 16.4. The summed E-state index contributed by atoms with van der Waals surface area (Å²) in [4.78, 5) is 10.2. The zero-order valence-corrected chi connectivity index (χ0v) is 12.4. The van der Waals surface area contributed by atoms with Crippen molar-refractivity contribution in [2.45, 2.75) is 26.0 Å². The highest BCUT2D eigenvalue weighted by molar-refractivity contribution is 7.90. The van der Waals surface area contributed by atoms with E-state index in [-0.39, 0.29) is 28.0 Å². The van der Waals surface area contributed by atoms with Crippen LogP contribution in [0.2, 0.25) is 0 Å². The van der Waals surface area contributed by atoms with Gasteiger partial charge in [-0.3, -0.25) is 10.1 Å². The van der Waals surface area contributed by atoms with Gasteiger partial charge >= 0.3 is 5.69 Å². The summed E-state index contributed by atoms with van der Waals surface area (Å²) in [6.45, 7) is 4.87. The molecule has 20 heavy (non-hydrogen) atoms. The Kier molecular flexibility index (Phi) is 5.46. The summed E-state index contributed by atoms with van der Waals surface area (Å²) in [5, 5.41) is 10.7. The van der Waals surface area contributed by atoms with Crippen LogP contribution in [-0.4, -0.2) is 27.5 Å². The average Bonchev–Trinajstić information content (AvgIpc) is 2.37. The van der Waals surface area contributed by atoms with E-state index in [9.17, 15) is 19.1 Å². The number of rotatable bonds is 5. The van der Waals surface area contributed by atoms with Gasteiger partial charge in [0.15, 0.2) is 5.75 Å². The number of hydrogen-bond donors (Lipinski definition) is 0. The number of halogens is 1. The Morgan fingerprint density at radius 3 is 2.55 bits per heavy atom. The maximum Gasteiger partial charge on any atom is 0.311 e. The number of ether oxygens (including phenoxy) is 1. The molecule has 0 radical (unpaired) electrons. The average molecular weight is 302 g/mol. The van der Waals surface area contributed by atoms with E-state index in [1.54, 1.807) is 13.8 Å². The third-order valence-corrected chi connectivity index (χ3v) is 3.75. The molecule has 0 saturated carbocycles. The van der Waals surface area contributed by atoms with Crippen LogP contribution in [0.25, 0.3) is 0 Å². The van der Waals surface area contributed by atoms with Gasteiger partial charge in [-0.05, 0) is 20.8 Å². The summed E-state index contributed by atoms with van der Waals surface area (Å²) >= 11 is -1.51. The first-order valence-corrected chi connectivity index (χ1v) is 6.93. The standard InChI is InChI=1S/C12H15FN2O4S/c1-7(2)20(18)14-8(3)9-5-11(15(16)17)12(19-4)6-10(9)13/h5-7H,1-4H3/b14-8+/t20-/m1/s1. The summed E-state index contributed by atoms with van der Waals surface area (Å²) in [6.07, 6.45) is 0. The van der Waals surface area contributed by atoms with Crippen LogP contribution in [0.4, 0.5) is 10.1 Å².